The van der Waals surface area contributed by atoms with Gasteiger partial charge in [0.15, 0.2) is 0 Å². The molecule has 5 heteroatoms. The normalized spacial score (nSPS) is 23.0. The predicted molar refractivity (Wildman–Crippen MR) is 79.3 cm³/mol. The fraction of sp³-hybridized carbons (Fsp3) is 0.600. The van der Waals surface area contributed by atoms with Gasteiger partial charge in [0.2, 0.25) is 10.0 Å². The summed E-state index contributed by atoms with van der Waals surface area (Å²) in [7, 11) is -1.66. The molecule has 1 atom stereocenters. The van der Waals surface area contributed by atoms with Crippen LogP contribution in [-0.2, 0) is 22.9 Å². The van der Waals surface area contributed by atoms with Crippen molar-refractivity contribution in [3.8, 4) is 0 Å². The molecule has 1 fully saturated rings. The van der Waals surface area contributed by atoms with Gasteiger partial charge in [-0.05, 0) is 61.9 Å². The molecule has 110 valence electrons. The summed E-state index contributed by atoms with van der Waals surface area (Å²) in [6, 6.07) is 5.75. The second kappa shape index (κ2) is 5.47. The second-order valence-corrected chi connectivity index (χ2v) is 7.80. The summed E-state index contributed by atoms with van der Waals surface area (Å²) in [5, 5.41) is 3.22. The van der Waals surface area contributed by atoms with Crippen LogP contribution >= 0.6 is 0 Å². The Labute approximate surface area is 121 Å². The van der Waals surface area contributed by atoms with E-state index in [9.17, 15) is 8.42 Å². The van der Waals surface area contributed by atoms with E-state index >= 15 is 0 Å². The third kappa shape index (κ3) is 2.50. The van der Waals surface area contributed by atoms with Crippen molar-refractivity contribution in [1.82, 2.24) is 9.62 Å². The maximum absolute atomic E-state index is 12.7. The van der Waals surface area contributed by atoms with Crippen LogP contribution in [0.5, 0.6) is 0 Å². The Hall–Kier alpha value is -0.910. The Morgan fingerprint density at radius 3 is 2.65 bits per heavy atom. The molecule has 0 radical (unpaired) electrons. The van der Waals surface area contributed by atoms with Gasteiger partial charge in [-0.2, -0.15) is 4.31 Å². The number of rotatable bonds is 3. The first-order valence-corrected chi connectivity index (χ1v) is 8.83. The Morgan fingerprint density at radius 1 is 1.20 bits per heavy atom. The molecule has 3 rings (SSSR count). The molecule has 1 unspecified atom stereocenters. The summed E-state index contributed by atoms with van der Waals surface area (Å²) in [4.78, 5) is 0.451. The van der Waals surface area contributed by atoms with Gasteiger partial charge in [0.1, 0.15) is 0 Å². The highest BCUT2D eigenvalue weighted by Crippen LogP contribution is 2.26. The number of aryl methyl sites for hydroxylation is 2. The van der Waals surface area contributed by atoms with Crippen molar-refractivity contribution in [2.75, 3.05) is 20.1 Å². The number of nitrogens with one attached hydrogen (secondary N) is 1. The smallest absolute Gasteiger partial charge is 0.243 e. The zero-order valence-electron chi connectivity index (χ0n) is 11.9. The van der Waals surface area contributed by atoms with E-state index in [4.69, 9.17) is 0 Å². The number of nitrogens with zero attached hydrogens (tertiary/aromatic N) is 1. The lowest BCUT2D eigenvalue weighted by Crippen LogP contribution is -2.38. The van der Waals surface area contributed by atoms with E-state index < -0.39 is 10.0 Å². The standard InChI is InChI=1S/C15H22N2O2S/c1-17(14-8-9-16-11-14)20(18,19)15-7-6-12-4-2-3-5-13(12)10-15/h6-7,10,14,16H,2-5,8-9,11H2,1H3. The monoisotopic (exact) mass is 294 g/mol. The number of benzene rings is 1. The van der Waals surface area contributed by atoms with Gasteiger partial charge in [0.25, 0.3) is 0 Å². The fourth-order valence-electron chi connectivity index (χ4n) is 3.18. The molecule has 0 saturated carbocycles. The summed E-state index contributed by atoms with van der Waals surface area (Å²) >= 11 is 0. The van der Waals surface area contributed by atoms with Crippen molar-refractivity contribution in [3.05, 3.63) is 29.3 Å². The number of likely N-dealkylation sites (N-methyl/N-ethyl adjacent to an activating group) is 1. The number of hydrogen-bond acceptors (Lipinski definition) is 3. The van der Waals surface area contributed by atoms with E-state index in [1.807, 2.05) is 12.1 Å². The van der Waals surface area contributed by atoms with Gasteiger partial charge in [-0.15, -0.1) is 0 Å². The zero-order valence-corrected chi connectivity index (χ0v) is 12.7. The molecule has 1 saturated heterocycles. The molecule has 4 nitrogen and oxygen atoms in total. The molecule has 1 aliphatic heterocycles. The van der Waals surface area contributed by atoms with Crippen molar-refractivity contribution in [1.29, 1.82) is 0 Å². The van der Waals surface area contributed by atoms with E-state index in [-0.39, 0.29) is 6.04 Å². The van der Waals surface area contributed by atoms with Crippen molar-refractivity contribution in [3.63, 3.8) is 0 Å². The van der Waals surface area contributed by atoms with Crippen LogP contribution in [0.1, 0.15) is 30.4 Å². The number of hydrogen-bond donors (Lipinski definition) is 1. The van der Waals surface area contributed by atoms with E-state index in [0.29, 0.717) is 4.90 Å². The summed E-state index contributed by atoms with van der Waals surface area (Å²) in [6.07, 6.45) is 5.36. The third-order valence-corrected chi connectivity index (χ3v) is 6.45. The maximum atomic E-state index is 12.7. The summed E-state index contributed by atoms with van der Waals surface area (Å²) in [5.74, 6) is 0. The molecular weight excluding hydrogens is 272 g/mol. The minimum atomic E-state index is -3.36. The van der Waals surface area contributed by atoms with Crippen LogP contribution in [0.25, 0.3) is 0 Å². The van der Waals surface area contributed by atoms with E-state index in [2.05, 4.69) is 5.32 Å². The lowest BCUT2D eigenvalue weighted by atomic mass is 9.92. The highest BCUT2D eigenvalue weighted by molar-refractivity contribution is 7.89. The molecule has 1 heterocycles. The average Bonchev–Trinajstić information content (AvgIpc) is 3.00. The van der Waals surface area contributed by atoms with Crippen LogP contribution in [-0.4, -0.2) is 38.9 Å². The van der Waals surface area contributed by atoms with Gasteiger partial charge in [0.05, 0.1) is 4.90 Å². The van der Waals surface area contributed by atoms with Crippen LogP contribution in [0, 0.1) is 0 Å². The quantitative estimate of drug-likeness (QED) is 0.920. The van der Waals surface area contributed by atoms with Gasteiger partial charge in [-0.1, -0.05) is 6.07 Å². The van der Waals surface area contributed by atoms with E-state index in [1.165, 1.54) is 28.3 Å². The third-order valence-electron chi connectivity index (χ3n) is 4.55. The largest absolute Gasteiger partial charge is 0.315 e. The van der Waals surface area contributed by atoms with E-state index in [0.717, 1.165) is 32.4 Å². The van der Waals surface area contributed by atoms with Crippen molar-refractivity contribution >= 4 is 10.0 Å². The minimum Gasteiger partial charge on any atom is -0.315 e. The van der Waals surface area contributed by atoms with Crippen molar-refractivity contribution in [2.24, 2.45) is 0 Å². The van der Waals surface area contributed by atoms with Gasteiger partial charge < -0.3 is 5.32 Å². The summed E-state index contributed by atoms with van der Waals surface area (Å²) < 4.78 is 26.9. The lowest BCUT2D eigenvalue weighted by Gasteiger charge is -2.24. The molecule has 1 aromatic rings. The molecule has 1 aromatic carbocycles. The van der Waals surface area contributed by atoms with Gasteiger partial charge in [0, 0.05) is 19.6 Å². The SMILES string of the molecule is CN(C1CCNC1)S(=O)(=O)c1ccc2c(c1)CCCC2. The molecule has 1 aliphatic carbocycles. The average molecular weight is 294 g/mol. The van der Waals surface area contributed by atoms with Crippen LogP contribution in [0.15, 0.2) is 23.1 Å². The van der Waals surface area contributed by atoms with Crippen LogP contribution < -0.4 is 5.32 Å². The highest BCUT2D eigenvalue weighted by atomic mass is 32.2. The Bertz CT molecular complexity index is 592. The molecule has 20 heavy (non-hydrogen) atoms. The Balaban J connectivity index is 1.90. The molecule has 0 spiro atoms. The predicted octanol–water partition coefficient (Wildman–Crippen LogP) is 1.55. The molecule has 0 bridgehead atoms. The topological polar surface area (TPSA) is 49.4 Å². The first-order valence-electron chi connectivity index (χ1n) is 7.39. The molecule has 1 N–H and O–H groups in total. The Kier molecular flexibility index (Phi) is 3.84. The van der Waals surface area contributed by atoms with Gasteiger partial charge in [-0.25, -0.2) is 8.42 Å². The van der Waals surface area contributed by atoms with Crippen LogP contribution in [0.2, 0.25) is 0 Å². The summed E-state index contributed by atoms with van der Waals surface area (Å²) in [6.45, 7) is 1.65. The molecular formula is C15H22N2O2S. The second-order valence-electron chi connectivity index (χ2n) is 5.81. The molecule has 0 amide bonds. The van der Waals surface area contributed by atoms with Crippen LogP contribution in [0.3, 0.4) is 0 Å². The lowest BCUT2D eigenvalue weighted by molar-refractivity contribution is 0.387. The number of fused-ring (bicyclic) bond motifs is 1. The zero-order chi connectivity index (χ0) is 14.2. The van der Waals surface area contributed by atoms with Crippen LogP contribution in [0.4, 0.5) is 0 Å². The Morgan fingerprint density at radius 2 is 1.95 bits per heavy atom. The highest BCUT2D eigenvalue weighted by Gasteiger charge is 2.30. The summed E-state index contributed by atoms with van der Waals surface area (Å²) in [5.41, 5.74) is 2.54. The van der Waals surface area contributed by atoms with E-state index in [1.54, 1.807) is 13.1 Å². The van der Waals surface area contributed by atoms with Gasteiger partial charge in [-0.3, -0.25) is 0 Å². The first-order chi connectivity index (χ1) is 9.59. The van der Waals surface area contributed by atoms with Crippen molar-refractivity contribution < 1.29 is 8.42 Å². The first kappa shape index (κ1) is 14.0. The maximum Gasteiger partial charge on any atom is 0.243 e. The number of sulfonamides is 1. The fourth-order valence-corrected chi connectivity index (χ4v) is 4.62. The molecule has 2 aliphatic rings. The minimum absolute atomic E-state index is 0.0797. The van der Waals surface area contributed by atoms with Crippen molar-refractivity contribution in [2.45, 2.75) is 43.0 Å². The van der Waals surface area contributed by atoms with Gasteiger partial charge >= 0.3 is 0 Å². The molecule has 0 aromatic heterocycles.